The number of aryl methyl sites for hydroxylation is 1. The highest BCUT2D eigenvalue weighted by Gasteiger charge is 2.26. The summed E-state index contributed by atoms with van der Waals surface area (Å²) in [6, 6.07) is 10.2. The molecule has 0 aliphatic carbocycles. The van der Waals surface area contributed by atoms with Gasteiger partial charge in [0, 0.05) is 36.5 Å². The van der Waals surface area contributed by atoms with Gasteiger partial charge in [0.1, 0.15) is 17.3 Å². The Morgan fingerprint density at radius 2 is 2.22 bits per heavy atom. The molecule has 0 saturated carbocycles. The van der Waals surface area contributed by atoms with Gasteiger partial charge in [0.2, 0.25) is 0 Å². The second kappa shape index (κ2) is 7.90. The van der Waals surface area contributed by atoms with Crippen LogP contribution in [0.5, 0.6) is 11.5 Å². The van der Waals surface area contributed by atoms with Crippen molar-refractivity contribution >= 4 is 12.3 Å². The minimum atomic E-state index is -0.540. The van der Waals surface area contributed by atoms with Gasteiger partial charge in [-0.25, -0.2) is 9.18 Å². The van der Waals surface area contributed by atoms with E-state index in [9.17, 15) is 9.18 Å². The Morgan fingerprint density at radius 3 is 3.00 bits per heavy atom. The third-order valence-corrected chi connectivity index (χ3v) is 4.11. The number of carbonyl (C=O) groups is 1. The van der Waals surface area contributed by atoms with Gasteiger partial charge in [-0.15, -0.1) is 0 Å². The van der Waals surface area contributed by atoms with Crippen LogP contribution in [0.25, 0.3) is 0 Å². The van der Waals surface area contributed by atoms with Crippen molar-refractivity contribution in [1.29, 1.82) is 0 Å². The SMILES string of the molecule is CN=C/C=C(\N)Oc1ccc2c(c1)OC(=O)N(Cc1cccc(C)c1F)C2. The number of ether oxygens (including phenoxy) is 2. The molecular weight excluding hydrogens is 349 g/mol. The van der Waals surface area contributed by atoms with E-state index in [4.69, 9.17) is 15.2 Å². The van der Waals surface area contributed by atoms with Crippen LogP contribution < -0.4 is 15.2 Å². The van der Waals surface area contributed by atoms with Gasteiger partial charge in [0.05, 0.1) is 13.1 Å². The van der Waals surface area contributed by atoms with Gasteiger partial charge in [-0.1, -0.05) is 18.2 Å². The number of carbonyl (C=O) groups excluding carboxylic acids is 1. The van der Waals surface area contributed by atoms with Crippen molar-refractivity contribution in [2.45, 2.75) is 20.0 Å². The topological polar surface area (TPSA) is 77.1 Å². The second-order valence-electron chi connectivity index (χ2n) is 6.12. The molecule has 0 aromatic heterocycles. The van der Waals surface area contributed by atoms with Crippen molar-refractivity contribution in [2.75, 3.05) is 7.05 Å². The van der Waals surface area contributed by atoms with Gasteiger partial charge in [0.15, 0.2) is 5.88 Å². The zero-order valence-corrected chi connectivity index (χ0v) is 15.1. The molecule has 0 bridgehead atoms. The molecule has 140 valence electrons. The number of rotatable bonds is 5. The molecule has 0 atom stereocenters. The van der Waals surface area contributed by atoms with Crippen molar-refractivity contribution in [3.8, 4) is 11.5 Å². The first-order valence-electron chi connectivity index (χ1n) is 8.37. The molecule has 0 unspecified atom stereocenters. The molecule has 0 saturated heterocycles. The number of amides is 1. The number of nitrogens with zero attached hydrogens (tertiary/aromatic N) is 2. The molecule has 0 spiro atoms. The standard InChI is InChI=1S/C20H20FN3O3/c1-13-4-3-5-15(19(13)21)12-24-11-14-6-7-16(10-17(14)27-20(24)25)26-18(22)8-9-23-2/h3-10H,11-12,22H2,1-2H3/b18-8+,23-9?. The fourth-order valence-electron chi connectivity index (χ4n) is 2.73. The van der Waals surface area contributed by atoms with E-state index in [2.05, 4.69) is 4.99 Å². The average Bonchev–Trinajstić information content (AvgIpc) is 2.64. The minimum absolute atomic E-state index is 0.135. The van der Waals surface area contributed by atoms with Crippen LogP contribution in [0, 0.1) is 12.7 Å². The van der Waals surface area contributed by atoms with Crippen molar-refractivity contribution in [2.24, 2.45) is 10.7 Å². The summed E-state index contributed by atoms with van der Waals surface area (Å²) in [7, 11) is 1.62. The molecule has 0 fully saturated rings. The van der Waals surface area contributed by atoms with E-state index in [0.717, 1.165) is 5.56 Å². The highest BCUT2D eigenvalue weighted by molar-refractivity contribution is 5.74. The predicted octanol–water partition coefficient (Wildman–Crippen LogP) is 3.53. The van der Waals surface area contributed by atoms with E-state index in [1.54, 1.807) is 50.4 Å². The number of hydrogen-bond acceptors (Lipinski definition) is 5. The van der Waals surface area contributed by atoms with Gasteiger partial charge in [-0.05, 0) is 24.6 Å². The predicted molar refractivity (Wildman–Crippen MR) is 100 cm³/mol. The fourth-order valence-corrected chi connectivity index (χ4v) is 2.73. The van der Waals surface area contributed by atoms with E-state index in [1.165, 1.54) is 17.2 Å². The van der Waals surface area contributed by atoms with Gasteiger partial charge >= 0.3 is 6.09 Å². The Labute approximate surface area is 156 Å². The maximum Gasteiger partial charge on any atom is 0.415 e. The molecule has 2 aromatic rings. The second-order valence-corrected chi connectivity index (χ2v) is 6.12. The molecule has 1 aliphatic rings. The van der Waals surface area contributed by atoms with Crippen LogP contribution in [0.15, 0.2) is 53.3 Å². The number of benzene rings is 2. The van der Waals surface area contributed by atoms with Crippen LogP contribution in [0.4, 0.5) is 9.18 Å². The van der Waals surface area contributed by atoms with Gasteiger partial charge in [-0.3, -0.25) is 9.89 Å². The first-order valence-corrected chi connectivity index (χ1v) is 8.37. The van der Waals surface area contributed by atoms with Crippen LogP contribution in [0.1, 0.15) is 16.7 Å². The lowest BCUT2D eigenvalue weighted by molar-refractivity contribution is 0.134. The third-order valence-electron chi connectivity index (χ3n) is 4.11. The van der Waals surface area contributed by atoms with E-state index in [-0.39, 0.29) is 18.2 Å². The van der Waals surface area contributed by atoms with E-state index in [1.807, 2.05) is 0 Å². The first-order chi connectivity index (χ1) is 13.0. The fraction of sp³-hybridized carbons (Fsp3) is 0.200. The third kappa shape index (κ3) is 4.25. The van der Waals surface area contributed by atoms with Gasteiger partial charge < -0.3 is 15.2 Å². The number of fused-ring (bicyclic) bond motifs is 1. The van der Waals surface area contributed by atoms with Crippen LogP contribution in [-0.4, -0.2) is 24.3 Å². The molecule has 2 N–H and O–H groups in total. The van der Waals surface area contributed by atoms with E-state index in [0.29, 0.717) is 29.2 Å². The summed E-state index contributed by atoms with van der Waals surface area (Å²) in [4.78, 5) is 17.6. The van der Waals surface area contributed by atoms with Crippen LogP contribution >= 0.6 is 0 Å². The van der Waals surface area contributed by atoms with E-state index >= 15 is 0 Å². The Kier molecular flexibility index (Phi) is 5.40. The van der Waals surface area contributed by atoms with Crippen LogP contribution in [0.2, 0.25) is 0 Å². The normalized spacial score (nSPS) is 14.3. The maximum atomic E-state index is 14.2. The Balaban J connectivity index is 1.76. The molecule has 1 aliphatic heterocycles. The minimum Gasteiger partial charge on any atom is -0.441 e. The average molecular weight is 369 g/mol. The van der Waals surface area contributed by atoms with Crippen molar-refractivity contribution in [3.63, 3.8) is 0 Å². The maximum absolute atomic E-state index is 14.2. The smallest absolute Gasteiger partial charge is 0.415 e. The van der Waals surface area contributed by atoms with Gasteiger partial charge in [0.25, 0.3) is 0 Å². The molecule has 27 heavy (non-hydrogen) atoms. The van der Waals surface area contributed by atoms with Crippen molar-refractivity contribution in [3.05, 3.63) is 70.9 Å². The lowest BCUT2D eigenvalue weighted by Crippen LogP contribution is -2.36. The molecule has 2 aromatic carbocycles. The molecule has 1 heterocycles. The quantitative estimate of drug-likeness (QED) is 0.646. The monoisotopic (exact) mass is 369 g/mol. The first kappa shape index (κ1) is 18.4. The number of allylic oxidation sites excluding steroid dienone is 1. The molecule has 6 nitrogen and oxygen atoms in total. The number of halogens is 1. The zero-order valence-electron chi connectivity index (χ0n) is 15.1. The molecule has 7 heteroatoms. The lowest BCUT2D eigenvalue weighted by Gasteiger charge is -2.28. The molecule has 3 rings (SSSR count). The van der Waals surface area contributed by atoms with Crippen molar-refractivity contribution < 1.29 is 18.7 Å². The summed E-state index contributed by atoms with van der Waals surface area (Å²) < 4.78 is 25.1. The lowest BCUT2D eigenvalue weighted by atomic mass is 10.1. The summed E-state index contributed by atoms with van der Waals surface area (Å²) in [6.07, 6.45) is 2.49. The van der Waals surface area contributed by atoms with Crippen LogP contribution in [0.3, 0.4) is 0 Å². The van der Waals surface area contributed by atoms with E-state index < -0.39 is 6.09 Å². The summed E-state index contributed by atoms with van der Waals surface area (Å²) in [5.74, 6) is 0.699. The zero-order chi connectivity index (χ0) is 19.4. The number of aliphatic imine (C=N–C) groups is 1. The highest BCUT2D eigenvalue weighted by atomic mass is 19.1. The largest absolute Gasteiger partial charge is 0.441 e. The Hall–Kier alpha value is -3.35. The highest BCUT2D eigenvalue weighted by Crippen LogP contribution is 2.31. The Bertz CT molecular complexity index is 925. The molecule has 0 radical (unpaired) electrons. The summed E-state index contributed by atoms with van der Waals surface area (Å²) in [5, 5.41) is 0. The molecular formula is C20H20FN3O3. The summed E-state index contributed by atoms with van der Waals surface area (Å²) in [5.41, 5.74) is 7.51. The van der Waals surface area contributed by atoms with Crippen LogP contribution in [-0.2, 0) is 13.1 Å². The van der Waals surface area contributed by atoms with Crippen molar-refractivity contribution in [1.82, 2.24) is 4.90 Å². The number of nitrogens with two attached hydrogens (primary N) is 1. The molecule has 1 amide bonds. The van der Waals surface area contributed by atoms with Gasteiger partial charge in [-0.2, -0.15) is 0 Å². The number of hydrogen-bond donors (Lipinski definition) is 1. The summed E-state index contributed by atoms with van der Waals surface area (Å²) in [6.45, 7) is 2.14. The Morgan fingerprint density at radius 1 is 1.41 bits per heavy atom. The summed E-state index contributed by atoms with van der Waals surface area (Å²) >= 11 is 0.